The van der Waals surface area contributed by atoms with Gasteiger partial charge in [-0.3, -0.25) is 9.69 Å². The molecule has 1 N–H and O–H groups in total. The third-order valence-electron chi connectivity index (χ3n) is 4.85. The summed E-state index contributed by atoms with van der Waals surface area (Å²) in [6, 6.07) is 12.7. The molecular weight excluding hydrogens is 385 g/mol. The second-order valence-corrected chi connectivity index (χ2v) is 7.33. The molecular formula is C20H23Cl2N3O2. The molecule has 3 rings (SSSR count). The second-order valence-electron chi connectivity index (χ2n) is 6.48. The Labute approximate surface area is 169 Å². The summed E-state index contributed by atoms with van der Waals surface area (Å²) < 4.78 is 5.29. The molecule has 7 heteroatoms. The molecule has 1 aliphatic rings. The van der Waals surface area contributed by atoms with E-state index in [0.29, 0.717) is 16.5 Å². The monoisotopic (exact) mass is 407 g/mol. The van der Waals surface area contributed by atoms with Gasteiger partial charge in [-0.15, -0.1) is 0 Å². The molecule has 0 aromatic heterocycles. The molecule has 1 aliphatic heterocycles. The van der Waals surface area contributed by atoms with Crippen molar-refractivity contribution >= 4 is 40.5 Å². The van der Waals surface area contributed by atoms with Crippen LogP contribution in [0, 0.1) is 0 Å². The lowest BCUT2D eigenvalue weighted by Crippen LogP contribution is -2.52. The van der Waals surface area contributed by atoms with E-state index in [2.05, 4.69) is 15.1 Å². The number of halogens is 2. The standard InChI is InChI=1S/C20H23Cl2N3O2/c1-14(20(26)23-17-13-15(21)7-8-19(17)27-2)24-9-11-25(12-10-24)18-6-4-3-5-16(18)22/h3-8,13-14H,9-12H2,1-2H3,(H,23,26)/t14-/m0/s1. The van der Waals surface area contributed by atoms with E-state index < -0.39 is 0 Å². The van der Waals surface area contributed by atoms with Crippen molar-refractivity contribution in [3.05, 3.63) is 52.5 Å². The highest BCUT2D eigenvalue weighted by atomic mass is 35.5. The number of carbonyl (C=O) groups is 1. The normalized spacial score (nSPS) is 16.1. The first-order chi connectivity index (χ1) is 13.0. The van der Waals surface area contributed by atoms with E-state index in [0.717, 1.165) is 36.9 Å². The summed E-state index contributed by atoms with van der Waals surface area (Å²) in [6.45, 7) is 5.13. The van der Waals surface area contributed by atoms with Gasteiger partial charge in [0.25, 0.3) is 0 Å². The van der Waals surface area contributed by atoms with Crippen LogP contribution in [0.25, 0.3) is 0 Å². The molecule has 0 saturated carbocycles. The van der Waals surface area contributed by atoms with Crippen molar-refractivity contribution in [1.82, 2.24) is 4.90 Å². The van der Waals surface area contributed by atoms with Crippen LogP contribution in [-0.4, -0.2) is 50.1 Å². The third-order valence-corrected chi connectivity index (χ3v) is 5.41. The Bertz CT molecular complexity index is 808. The summed E-state index contributed by atoms with van der Waals surface area (Å²) in [5.74, 6) is 0.505. The van der Waals surface area contributed by atoms with Crippen molar-refractivity contribution in [1.29, 1.82) is 0 Å². The minimum atomic E-state index is -0.262. The highest BCUT2D eigenvalue weighted by Crippen LogP contribution is 2.29. The maximum Gasteiger partial charge on any atom is 0.241 e. The van der Waals surface area contributed by atoms with Crippen molar-refractivity contribution in [2.45, 2.75) is 13.0 Å². The Morgan fingerprint density at radius 2 is 1.81 bits per heavy atom. The molecule has 0 spiro atoms. The van der Waals surface area contributed by atoms with Crippen LogP contribution in [0.5, 0.6) is 5.75 Å². The topological polar surface area (TPSA) is 44.8 Å². The molecule has 27 heavy (non-hydrogen) atoms. The predicted molar refractivity (Wildman–Crippen MR) is 111 cm³/mol. The molecule has 0 aliphatic carbocycles. The maximum absolute atomic E-state index is 12.7. The second kappa shape index (κ2) is 8.83. The highest BCUT2D eigenvalue weighted by molar-refractivity contribution is 6.33. The molecule has 1 saturated heterocycles. The van der Waals surface area contributed by atoms with E-state index in [4.69, 9.17) is 27.9 Å². The van der Waals surface area contributed by atoms with Crippen molar-refractivity contribution in [2.75, 3.05) is 43.5 Å². The lowest BCUT2D eigenvalue weighted by atomic mass is 10.2. The lowest BCUT2D eigenvalue weighted by molar-refractivity contribution is -0.120. The van der Waals surface area contributed by atoms with Gasteiger partial charge >= 0.3 is 0 Å². The zero-order valence-electron chi connectivity index (χ0n) is 15.4. The predicted octanol–water partition coefficient (Wildman–Crippen LogP) is 4.15. The molecule has 1 fully saturated rings. The van der Waals surface area contributed by atoms with Gasteiger partial charge < -0.3 is 15.0 Å². The van der Waals surface area contributed by atoms with Gasteiger partial charge in [-0.1, -0.05) is 35.3 Å². The number of carbonyl (C=O) groups excluding carboxylic acids is 1. The van der Waals surface area contributed by atoms with Crippen LogP contribution in [0.2, 0.25) is 10.0 Å². The van der Waals surface area contributed by atoms with E-state index >= 15 is 0 Å². The minimum Gasteiger partial charge on any atom is -0.495 e. The van der Waals surface area contributed by atoms with Gasteiger partial charge in [-0.05, 0) is 37.3 Å². The van der Waals surface area contributed by atoms with Crippen LogP contribution < -0.4 is 15.0 Å². The summed E-state index contributed by atoms with van der Waals surface area (Å²) in [4.78, 5) is 17.1. The Balaban J connectivity index is 1.61. The fraction of sp³-hybridized carbons (Fsp3) is 0.350. The van der Waals surface area contributed by atoms with Gasteiger partial charge in [0.05, 0.1) is 29.5 Å². The maximum atomic E-state index is 12.7. The largest absolute Gasteiger partial charge is 0.495 e. The number of para-hydroxylation sites is 1. The lowest BCUT2D eigenvalue weighted by Gasteiger charge is -2.38. The Kier molecular flexibility index (Phi) is 6.47. The number of hydrogen-bond acceptors (Lipinski definition) is 4. The SMILES string of the molecule is COc1ccc(Cl)cc1NC(=O)[C@H](C)N1CCN(c2ccccc2Cl)CC1. The van der Waals surface area contributed by atoms with E-state index in [1.54, 1.807) is 25.3 Å². The fourth-order valence-electron chi connectivity index (χ4n) is 3.24. The van der Waals surface area contributed by atoms with Crippen molar-refractivity contribution in [3.63, 3.8) is 0 Å². The Hall–Kier alpha value is -1.95. The summed E-state index contributed by atoms with van der Waals surface area (Å²) >= 11 is 12.3. The van der Waals surface area contributed by atoms with Gasteiger partial charge in [0.1, 0.15) is 5.75 Å². The average Bonchev–Trinajstić information content (AvgIpc) is 2.68. The van der Waals surface area contributed by atoms with Crippen LogP contribution >= 0.6 is 23.2 Å². The van der Waals surface area contributed by atoms with Gasteiger partial charge in [-0.2, -0.15) is 0 Å². The summed E-state index contributed by atoms with van der Waals surface area (Å²) in [5, 5.41) is 4.23. The first-order valence-corrected chi connectivity index (χ1v) is 9.63. The molecule has 1 heterocycles. The highest BCUT2D eigenvalue weighted by Gasteiger charge is 2.26. The van der Waals surface area contributed by atoms with Gasteiger partial charge in [0.15, 0.2) is 0 Å². The van der Waals surface area contributed by atoms with Crippen molar-refractivity contribution in [2.24, 2.45) is 0 Å². The summed E-state index contributed by atoms with van der Waals surface area (Å²) in [5.41, 5.74) is 1.62. The number of hydrogen-bond donors (Lipinski definition) is 1. The summed E-state index contributed by atoms with van der Waals surface area (Å²) in [7, 11) is 1.57. The van der Waals surface area contributed by atoms with E-state index in [1.165, 1.54) is 0 Å². The number of methoxy groups -OCH3 is 1. The number of amides is 1. The first-order valence-electron chi connectivity index (χ1n) is 8.87. The van der Waals surface area contributed by atoms with Crippen LogP contribution in [-0.2, 0) is 4.79 Å². The number of rotatable bonds is 5. The van der Waals surface area contributed by atoms with Crippen LogP contribution in [0.3, 0.4) is 0 Å². The number of nitrogens with one attached hydrogen (secondary N) is 1. The number of piperazine rings is 1. The molecule has 0 radical (unpaired) electrons. The van der Waals surface area contributed by atoms with Gasteiger partial charge in [0, 0.05) is 31.2 Å². The molecule has 2 aromatic rings. The summed E-state index contributed by atoms with van der Waals surface area (Å²) in [6.07, 6.45) is 0. The minimum absolute atomic E-state index is 0.0817. The van der Waals surface area contributed by atoms with E-state index in [9.17, 15) is 4.79 Å². The first kappa shape index (κ1) is 19.8. The number of benzene rings is 2. The molecule has 1 atom stereocenters. The molecule has 2 aromatic carbocycles. The zero-order valence-corrected chi connectivity index (χ0v) is 16.9. The Morgan fingerprint density at radius 1 is 1.11 bits per heavy atom. The van der Waals surface area contributed by atoms with Crippen molar-refractivity contribution < 1.29 is 9.53 Å². The van der Waals surface area contributed by atoms with Crippen molar-refractivity contribution in [3.8, 4) is 5.75 Å². The zero-order chi connectivity index (χ0) is 19.4. The fourth-order valence-corrected chi connectivity index (χ4v) is 3.67. The van der Waals surface area contributed by atoms with Gasteiger partial charge in [-0.25, -0.2) is 0 Å². The van der Waals surface area contributed by atoms with Crippen LogP contribution in [0.4, 0.5) is 11.4 Å². The average molecular weight is 408 g/mol. The quantitative estimate of drug-likeness (QED) is 0.808. The Morgan fingerprint density at radius 3 is 2.48 bits per heavy atom. The number of ether oxygens (including phenoxy) is 1. The van der Waals surface area contributed by atoms with E-state index in [-0.39, 0.29) is 11.9 Å². The van der Waals surface area contributed by atoms with Crippen LogP contribution in [0.1, 0.15) is 6.92 Å². The van der Waals surface area contributed by atoms with Gasteiger partial charge in [0.2, 0.25) is 5.91 Å². The molecule has 0 bridgehead atoms. The van der Waals surface area contributed by atoms with E-state index in [1.807, 2.05) is 31.2 Å². The molecule has 5 nitrogen and oxygen atoms in total. The van der Waals surface area contributed by atoms with Crippen LogP contribution in [0.15, 0.2) is 42.5 Å². The number of anilines is 2. The molecule has 1 amide bonds. The smallest absolute Gasteiger partial charge is 0.241 e. The molecule has 0 unspecified atom stereocenters. The third kappa shape index (κ3) is 4.67. The number of nitrogens with zero attached hydrogens (tertiary/aromatic N) is 2. The molecule has 144 valence electrons.